The standard InChI is InChI=1S/C17H24ClN3O2/c1-3-21(4-2)15(12-7-5-6-8-13(12)18)11-19-17(23)14-9-10-16(22)20-14/h5-8,14-15H,3-4,9-11H2,1-2H3,(H,19,23)(H,20,22)/t14-,15?/m1/s1. The monoisotopic (exact) mass is 337 g/mol. The Morgan fingerprint density at radius 3 is 2.65 bits per heavy atom. The number of nitrogens with zero attached hydrogens (tertiary/aromatic N) is 1. The maximum absolute atomic E-state index is 12.2. The van der Waals surface area contributed by atoms with E-state index in [-0.39, 0.29) is 17.9 Å². The summed E-state index contributed by atoms with van der Waals surface area (Å²) in [7, 11) is 0. The minimum Gasteiger partial charge on any atom is -0.352 e. The molecule has 2 atom stereocenters. The zero-order valence-electron chi connectivity index (χ0n) is 13.6. The highest BCUT2D eigenvalue weighted by Crippen LogP contribution is 2.27. The van der Waals surface area contributed by atoms with Crippen molar-refractivity contribution in [3.05, 3.63) is 34.9 Å². The molecule has 1 aliphatic heterocycles. The van der Waals surface area contributed by atoms with Gasteiger partial charge in [-0.25, -0.2) is 0 Å². The first-order valence-electron chi connectivity index (χ1n) is 8.12. The van der Waals surface area contributed by atoms with Gasteiger partial charge < -0.3 is 10.6 Å². The molecule has 0 spiro atoms. The quantitative estimate of drug-likeness (QED) is 0.801. The lowest BCUT2D eigenvalue weighted by Gasteiger charge is -2.31. The molecule has 0 aromatic heterocycles. The van der Waals surface area contributed by atoms with Gasteiger partial charge in [0.25, 0.3) is 0 Å². The summed E-state index contributed by atoms with van der Waals surface area (Å²) in [5.41, 5.74) is 1.01. The molecule has 0 saturated carbocycles. The summed E-state index contributed by atoms with van der Waals surface area (Å²) in [6, 6.07) is 7.32. The number of likely N-dealkylation sites (N-methyl/N-ethyl adjacent to an activating group) is 1. The Labute approximate surface area is 142 Å². The number of nitrogens with one attached hydrogen (secondary N) is 2. The molecular weight excluding hydrogens is 314 g/mol. The molecule has 1 unspecified atom stereocenters. The third-order valence-corrected chi connectivity index (χ3v) is 4.64. The average Bonchev–Trinajstić information content (AvgIpc) is 2.98. The predicted octanol–water partition coefficient (Wildman–Crippen LogP) is 2.12. The molecule has 1 aromatic carbocycles. The molecule has 5 nitrogen and oxygen atoms in total. The summed E-state index contributed by atoms with van der Waals surface area (Å²) in [6.45, 7) is 6.38. The first kappa shape index (κ1) is 17.8. The second-order valence-corrected chi connectivity index (χ2v) is 6.07. The van der Waals surface area contributed by atoms with Crippen molar-refractivity contribution in [2.24, 2.45) is 0 Å². The van der Waals surface area contributed by atoms with E-state index in [0.29, 0.717) is 24.4 Å². The Balaban J connectivity index is 2.07. The number of amides is 2. The highest BCUT2D eigenvalue weighted by Gasteiger charge is 2.28. The molecule has 1 heterocycles. The summed E-state index contributed by atoms with van der Waals surface area (Å²) >= 11 is 6.34. The maximum Gasteiger partial charge on any atom is 0.242 e. The van der Waals surface area contributed by atoms with Gasteiger partial charge in [0, 0.05) is 18.0 Å². The maximum atomic E-state index is 12.2. The second kappa shape index (κ2) is 8.31. The molecule has 126 valence electrons. The fourth-order valence-corrected chi connectivity index (χ4v) is 3.24. The summed E-state index contributed by atoms with van der Waals surface area (Å²) in [5, 5.41) is 6.36. The third-order valence-electron chi connectivity index (χ3n) is 4.30. The van der Waals surface area contributed by atoms with Crippen molar-refractivity contribution >= 4 is 23.4 Å². The van der Waals surface area contributed by atoms with Crippen molar-refractivity contribution in [2.75, 3.05) is 19.6 Å². The van der Waals surface area contributed by atoms with Crippen LogP contribution in [0.2, 0.25) is 5.02 Å². The Hall–Kier alpha value is -1.59. The van der Waals surface area contributed by atoms with Gasteiger partial charge in [0.15, 0.2) is 0 Å². The molecule has 0 bridgehead atoms. The smallest absolute Gasteiger partial charge is 0.242 e. The van der Waals surface area contributed by atoms with Crippen LogP contribution in [-0.2, 0) is 9.59 Å². The second-order valence-electron chi connectivity index (χ2n) is 5.66. The van der Waals surface area contributed by atoms with E-state index in [4.69, 9.17) is 11.6 Å². The first-order valence-corrected chi connectivity index (χ1v) is 8.50. The van der Waals surface area contributed by atoms with Gasteiger partial charge in [0.2, 0.25) is 11.8 Å². The third kappa shape index (κ3) is 4.45. The van der Waals surface area contributed by atoms with Crippen LogP contribution >= 0.6 is 11.6 Å². The molecule has 23 heavy (non-hydrogen) atoms. The van der Waals surface area contributed by atoms with Crippen LogP contribution in [0.25, 0.3) is 0 Å². The van der Waals surface area contributed by atoms with Gasteiger partial charge in [-0.3, -0.25) is 14.5 Å². The summed E-state index contributed by atoms with van der Waals surface area (Å²) in [4.78, 5) is 25.7. The lowest BCUT2D eigenvalue weighted by atomic mass is 10.0. The van der Waals surface area contributed by atoms with Crippen LogP contribution in [0.4, 0.5) is 0 Å². The Bertz CT molecular complexity index is 561. The summed E-state index contributed by atoms with van der Waals surface area (Å²) in [5.74, 6) is -0.184. The largest absolute Gasteiger partial charge is 0.352 e. The molecule has 0 radical (unpaired) electrons. The van der Waals surface area contributed by atoms with E-state index in [1.807, 2.05) is 24.3 Å². The highest BCUT2D eigenvalue weighted by molar-refractivity contribution is 6.31. The number of rotatable bonds is 7. The molecular formula is C17H24ClN3O2. The van der Waals surface area contributed by atoms with Crippen LogP contribution < -0.4 is 10.6 Å². The minimum atomic E-state index is -0.411. The van der Waals surface area contributed by atoms with E-state index < -0.39 is 6.04 Å². The lowest BCUT2D eigenvalue weighted by Crippen LogP contribution is -2.45. The molecule has 1 saturated heterocycles. The van der Waals surface area contributed by atoms with Gasteiger partial charge in [-0.15, -0.1) is 0 Å². The van der Waals surface area contributed by atoms with E-state index >= 15 is 0 Å². The predicted molar refractivity (Wildman–Crippen MR) is 91.3 cm³/mol. The van der Waals surface area contributed by atoms with Crippen LogP contribution in [0.1, 0.15) is 38.3 Å². The van der Waals surface area contributed by atoms with Crippen LogP contribution in [0, 0.1) is 0 Å². The molecule has 6 heteroatoms. The van der Waals surface area contributed by atoms with Crippen molar-refractivity contribution in [1.82, 2.24) is 15.5 Å². The van der Waals surface area contributed by atoms with E-state index in [1.165, 1.54) is 0 Å². The summed E-state index contributed by atoms with van der Waals surface area (Å²) < 4.78 is 0. The van der Waals surface area contributed by atoms with Crippen molar-refractivity contribution in [1.29, 1.82) is 0 Å². The number of benzene rings is 1. The van der Waals surface area contributed by atoms with E-state index in [0.717, 1.165) is 18.7 Å². The van der Waals surface area contributed by atoms with Gasteiger partial charge >= 0.3 is 0 Å². The van der Waals surface area contributed by atoms with Gasteiger partial charge in [0.05, 0.1) is 6.04 Å². The number of carbonyl (C=O) groups is 2. The summed E-state index contributed by atoms with van der Waals surface area (Å²) in [6.07, 6.45) is 0.981. The number of halogens is 1. The number of hydrogen-bond donors (Lipinski definition) is 2. The normalized spacial score (nSPS) is 18.8. The molecule has 1 aliphatic rings. The van der Waals surface area contributed by atoms with E-state index in [9.17, 15) is 9.59 Å². The van der Waals surface area contributed by atoms with Crippen molar-refractivity contribution in [3.8, 4) is 0 Å². The van der Waals surface area contributed by atoms with Crippen LogP contribution in [0.15, 0.2) is 24.3 Å². The highest BCUT2D eigenvalue weighted by atomic mass is 35.5. The zero-order chi connectivity index (χ0) is 16.8. The molecule has 2 rings (SSSR count). The average molecular weight is 338 g/mol. The van der Waals surface area contributed by atoms with Gasteiger partial charge in [-0.05, 0) is 31.1 Å². The van der Waals surface area contributed by atoms with Gasteiger partial charge in [-0.1, -0.05) is 43.6 Å². The topological polar surface area (TPSA) is 61.4 Å². The number of hydrogen-bond acceptors (Lipinski definition) is 3. The molecule has 2 amide bonds. The van der Waals surface area contributed by atoms with Crippen LogP contribution in [0.5, 0.6) is 0 Å². The van der Waals surface area contributed by atoms with Crippen molar-refractivity contribution in [2.45, 2.75) is 38.8 Å². The molecule has 0 aliphatic carbocycles. The zero-order valence-corrected chi connectivity index (χ0v) is 14.4. The molecule has 2 N–H and O–H groups in total. The molecule has 1 fully saturated rings. The van der Waals surface area contributed by atoms with E-state index in [1.54, 1.807) is 0 Å². The van der Waals surface area contributed by atoms with Crippen LogP contribution in [0.3, 0.4) is 0 Å². The number of carbonyl (C=O) groups excluding carboxylic acids is 2. The first-order chi connectivity index (χ1) is 11.1. The van der Waals surface area contributed by atoms with Gasteiger partial charge in [-0.2, -0.15) is 0 Å². The Morgan fingerprint density at radius 2 is 2.09 bits per heavy atom. The Morgan fingerprint density at radius 1 is 1.39 bits per heavy atom. The fraction of sp³-hybridized carbons (Fsp3) is 0.529. The van der Waals surface area contributed by atoms with Crippen LogP contribution in [-0.4, -0.2) is 42.4 Å². The minimum absolute atomic E-state index is 0.0137. The van der Waals surface area contributed by atoms with Crippen molar-refractivity contribution in [3.63, 3.8) is 0 Å². The molecule has 1 aromatic rings. The Kier molecular flexibility index (Phi) is 6.42. The van der Waals surface area contributed by atoms with Gasteiger partial charge in [0.1, 0.15) is 6.04 Å². The SMILES string of the molecule is CCN(CC)C(CNC(=O)[C@H]1CCC(=O)N1)c1ccccc1Cl. The fourth-order valence-electron chi connectivity index (χ4n) is 2.98. The van der Waals surface area contributed by atoms with E-state index in [2.05, 4.69) is 29.4 Å². The van der Waals surface area contributed by atoms with Crippen molar-refractivity contribution < 1.29 is 9.59 Å². The lowest BCUT2D eigenvalue weighted by molar-refractivity contribution is -0.125.